The molecular formula is C31H25F3N4O2S. The number of amides is 1. The molecule has 0 atom stereocenters. The lowest BCUT2D eigenvalue weighted by atomic mass is 9.97. The van der Waals surface area contributed by atoms with Gasteiger partial charge in [0, 0.05) is 53.2 Å². The van der Waals surface area contributed by atoms with Gasteiger partial charge in [0.2, 0.25) is 0 Å². The minimum absolute atomic E-state index is 0.0106. The van der Waals surface area contributed by atoms with Crippen molar-refractivity contribution >= 4 is 28.7 Å². The van der Waals surface area contributed by atoms with E-state index >= 15 is 0 Å². The van der Waals surface area contributed by atoms with Crippen molar-refractivity contribution in [3.63, 3.8) is 0 Å². The molecular weight excluding hydrogens is 549 g/mol. The van der Waals surface area contributed by atoms with Crippen LogP contribution < -0.4 is 5.32 Å². The van der Waals surface area contributed by atoms with Crippen molar-refractivity contribution in [2.45, 2.75) is 33.0 Å². The second-order valence-electron chi connectivity index (χ2n) is 9.70. The van der Waals surface area contributed by atoms with Gasteiger partial charge in [0.15, 0.2) is 5.78 Å². The maximum absolute atomic E-state index is 13.9. The van der Waals surface area contributed by atoms with Crippen molar-refractivity contribution in [1.29, 1.82) is 0 Å². The van der Waals surface area contributed by atoms with E-state index in [1.165, 1.54) is 36.0 Å². The van der Waals surface area contributed by atoms with Gasteiger partial charge in [-0.25, -0.2) is 4.98 Å². The van der Waals surface area contributed by atoms with Gasteiger partial charge in [0.1, 0.15) is 0 Å². The number of imidazole rings is 1. The third-order valence-electron chi connectivity index (χ3n) is 6.57. The molecule has 5 rings (SSSR count). The van der Waals surface area contributed by atoms with Gasteiger partial charge in [-0.2, -0.15) is 13.2 Å². The average Bonchev–Trinajstić information content (AvgIpc) is 3.62. The van der Waals surface area contributed by atoms with Crippen LogP contribution in [0.1, 0.15) is 48.7 Å². The van der Waals surface area contributed by atoms with Crippen LogP contribution in [0.25, 0.3) is 10.4 Å². The topological polar surface area (TPSA) is 76.9 Å². The second-order valence-corrected chi connectivity index (χ2v) is 10.6. The number of Topliss-reactive ketones (excluding diaryl/α,β-unsaturated/α-hetero) is 1. The number of rotatable bonds is 8. The molecule has 3 aromatic heterocycles. The van der Waals surface area contributed by atoms with Crippen LogP contribution >= 0.6 is 11.3 Å². The van der Waals surface area contributed by atoms with Crippen LogP contribution in [0, 0.1) is 13.8 Å². The van der Waals surface area contributed by atoms with Crippen molar-refractivity contribution in [2.24, 2.45) is 0 Å². The molecule has 0 aliphatic heterocycles. The lowest BCUT2D eigenvalue weighted by Crippen LogP contribution is -2.15. The van der Waals surface area contributed by atoms with Crippen LogP contribution in [0.2, 0.25) is 0 Å². The first-order valence-corrected chi connectivity index (χ1v) is 13.6. The zero-order valence-corrected chi connectivity index (χ0v) is 23.0. The second kappa shape index (κ2) is 11.5. The molecule has 1 amide bonds. The number of hydrogen-bond acceptors (Lipinski definition) is 5. The number of anilines is 1. The summed E-state index contributed by atoms with van der Waals surface area (Å²) in [6.45, 7) is 3.57. The van der Waals surface area contributed by atoms with Gasteiger partial charge in [0.25, 0.3) is 5.91 Å². The van der Waals surface area contributed by atoms with E-state index in [9.17, 15) is 22.8 Å². The summed E-state index contributed by atoms with van der Waals surface area (Å²) in [6, 6.07) is 14.4. The smallest absolute Gasteiger partial charge is 0.333 e. The number of hydrogen-bond donors (Lipinski definition) is 1. The lowest BCUT2D eigenvalue weighted by Gasteiger charge is -2.15. The molecule has 0 saturated carbocycles. The quantitative estimate of drug-likeness (QED) is 0.196. The molecule has 0 bridgehead atoms. The molecule has 41 heavy (non-hydrogen) atoms. The largest absolute Gasteiger partial charge is 0.416 e. The number of carbonyl (C=O) groups is 2. The number of pyridine rings is 1. The van der Waals surface area contributed by atoms with E-state index in [0.717, 1.165) is 22.1 Å². The number of carbonyl (C=O) groups excluding carboxylic acids is 2. The highest BCUT2D eigenvalue weighted by molar-refractivity contribution is 7.13. The third-order valence-corrected chi connectivity index (χ3v) is 7.49. The number of nitrogens with one attached hydrogen (secondary N) is 1. The summed E-state index contributed by atoms with van der Waals surface area (Å²) in [5, 5.41) is 4.77. The normalized spacial score (nSPS) is 11.4. The summed E-state index contributed by atoms with van der Waals surface area (Å²) in [5.74, 6) is -0.755. The van der Waals surface area contributed by atoms with E-state index in [1.54, 1.807) is 55.1 Å². The van der Waals surface area contributed by atoms with Gasteiger partial charge < -0.3 is 9.88 Å². The highest BCUT2D eigenvalue weighted by Gasteiger charge is 2.33. The number of aromatic nitrogens is 3. The first-order valence-electron chi connectivity index (χ1n) is 12.7. The molecule has 6 nitrogen and oxygen atoms in total. The Morgan fingerprint density at radius 1 is 1.00 bits per heavy atom. The molecule has 208 valence electrons. The number of benzene rings is 2. The van der Waals surface area contributed by atoms with Crippen molar-refractivity contribution < 1.29 is 22.8 Å². The summed E-state index contributed by atoms with van der Waals surface area (Å²) >= 11 is 1.54. The minimum Gasteiger partial charge on any atom is -0.333 e. The van der Waals surface area contributed by atoms with Gasteiger partial charge in [-0.05, 0) is 60.2 Å². The van der Waals surface area contributed by atoms with E-state index in [2.05, 4.69) is 15.3 Å². The fourth-order valence-electron chi connectivity index (χ4n) is 4.44. The van der Waals surface area contributed by atoms with Crippen molar-refractivity contribution in [3.05, 3.63) is 124 Å². The van der Waals surface area contributed by atoms with Crippen LogP contribution in [0.3, 0.4) is 0 Å². The molecule has 2 aromatic carbocycles. The predicted molar refractivity (Wildman–Crippen MR) is 152 cm³/mol. The molecule has 0 spiro atoms. The fourth-order valence-corrected chi connectivity index (χ4v) is 5.15. The van der Waals surface area contributed by atoms with E-state index < -0.39 is 11.7 Å². The molecule has 0 fully saturated rings. The fraction of sp³-hybridized carbons (Fsp3) is 0.161. The summed E-state index contributed by atoms with van der Waals surface area (Å²) in [5.41, 5.74) is 2.88. The van der Waals surface area contributed by atoms with Gasteiger partial charge in [-0.1, -0.05) is 30.3 Å². The third kappa shape index (κ3) is 6.60. The van der Waals surface area contributed by atoms with Crippen molar-refractivity contribution in [1.82, 2.24) is 14.5 Å². The molecule has 0 unspecified atom stereocenters. The zero-order chi connectivity index (χ0) is 29.1. The Morgan fingerprint density at radius 3 is 2.54 bits per heavy atom. The molecule has 10 heteroatoms. The lowest BCUT2D eigenvalue weighted by molar-refractivity contribution is -0.138. The number of aryl methyl sites for hydroxylation is 2. The van der Waals surface area contributed by atoms with Gasteiger partial charge in [0.05, 0.1) is 23.1 Å². The Balaban J connectivity index is 1.33. The number of alkyl halides is 3. The SMILES string of the molecule is Cc1cn(Cc2ccc(CC(=O)c3ccc(C)c(NC(=O)c4cncc(-c5cccs5)c4)c3)cc2C(F)(F)F)cn1. The number of nitrogens with zero attached hydrogens (tertiary/aromatic N) is 3. The minimum atomic E-state index is -4.58. The highest BCUT2D eigenvalue weighted by Crippen LogP contribution is 2.34. The van der Waals surface area contributed by atoms with E-state index in [-0.39, 0.29) is 41.3 Å². The molecule has 0 radical (unpaired) electrons. The van der Waals surface area contributed by atoms with Crippen LogP contribution in [-0.2, 0) is 19.1 Å². The number of halogens is 3. The van der Waals surface area contributed by atoms with E-state index in [4.69, 9.17) is 0 Å². The first kappa shape index (κ1) is 28.0. The molecule has 1 N–H and O–H groups in total. The standard InChI is InChI=1S/C31H25F3N4O2S/c1-19-5-7-22(13-27(19)37-30(40)25-12-24(14-35-15-25)29-4-3-9-41-29)28(39)11-21-6-8-23(26(10-21)31(32,33)34)17-38-16-20(2)36-18-38/h3-10,12-16,18H,11,17H2,1-2H3,(H,37,40). The van der Waals surface area contributed by atoms with E-state index in [1.807, 2.05) is 17.5 Å². The van der Waals surface area contributed by atoms with E-state index in [0.29, 0.717) is 16.9 Å². The maximum atomic E-state index is 13.9. The van der Waals surface area contributed by atoms with Crippen LogP contribution in [0.15, 0.2) is 84.9 Å². The predicted octanol–water partition coefficient (Wildman–Crippen LogP) is 7.37. The Labute approximate surface area is 238 Å². The van der Waals surface area contributed by atoms with Gasteiger partial charge in [-0.15, -0.1) is 11.3 Å². The number of thiophene rings is 1. The zero-order valence-electron chi connectivity index (χ0n) is 22.2. The Morgan fingerprint density at radius 2 is 1.83 bits per heavy atom. The highest BCUT2D eigenvalue weighted by atomic mass is 32.1. The molecule has 0 saturated heterocycles. The molecule has 3 heterocycles. The first-order chi connectivity index (χ1) is 19.6. The monoisotopic (exact) mass is 574 g/mol. The summed E-state index contributed by atoms with van der Waals surface area (Å²) in [6.07, 6.45) is 1.49. The van der Waals surface area contributed by atoms with Crippen LogP contribution in [-0.4, -0.2) is 26.2 Å². The van der Waals surface area contributed by atoms with Crippen LogP contribution in [0.5, 0.6) is 0 Å². The molecule has 0 aliphatic rings. The average molecular weight is 575 g/mol. The summed E-state index contributed by atoms with van der Waals surface area (Å²) < 4.78 is 43.3. The van der Waals surface area contributed by atoms with Crippen molar-refractivity contribution in [3.8, 4) is 10.4 Å². The van der Waals surface area contributed by atoms with Gasteiger partial charge >= 0.3 is 6.18 Å². The number of ketones is 1. The van der Waals surface area contributed by atoms with Crippen molar-refractivity contribution in [2.75, 3.05) is 5.32 Å². The summed E-state index contributed by atoms with van der Waals surface area (Å²) in [4.78, 5) is 35.4. The van der Waals surface area contributed by atoms with Gasteiger partial charge in [-0.3, -0.25) is 14.6 Å². The Hall–Kier alpha value is -4.57. The Bertz CT molecular complexity index is 1730. The maximum Gasteiger partial charge on any atom is 0.416 e. The molecule has 5 aromatic rings. The molecule has 0 aliphatic carbocycles. The van der Waals surface area contributed by atoms with Crippen LogP contribution in [0.4, 0.5) is 18.9 Å². The summed E-state index contributed by atoms with van der Waals surface area (Å²) in [7, 11) is 0. The Kier molecular flexibility index (Phi) is 7.85.